The van der Waals surface area contributed by atoms with Crippen LogP contribution in [0.25, 0.3) is 0 Å². The molecule has 19 heavy (non-hydrogen) atoms. The second kappa shape index (κ2) is 7.29. The average molecular weight is 260 g/mol. The van der Waals surface area contributed by atoms with Crippen LogP contribution in [0, 0.1) is 5.92 Å². The van der Waals surface area contributed by atoms with E-state index in [0.717, 1.165) is 39.0 Å². The van der Waals surface area contributed by atoms with Gasteiger partial charge in [-0.2, -0.15) is 0 Å². The molecule has 0 saturated carbocycles. The van der Waals surface area contributed by atoms with Gasteiger partial charge in [-0.3, -0.25) is 4.79 Å². The first-order chi connectivity index (χ1) is 9.29. The molecule has 2 rings (SSSR count). The lowest BCUT2D eigenvalue weighted by atomic mass is 9.96. The predicted molar refractivity (Wildman–Crippen MR) is 78.8 cm³/mol. The number of likely N-dealkylation sites (tertiary alicyclic amines) is 1. The number of allylic oxidation sites excluding steroid dienone is 2. The fraction of sp³-hybridized carbons (Fsp3) is 0.562. The van der Waals surface area contributed by atoms with E-state index in [2.05, 4.69) is 30.1 Å². The van der Waals surface area contributed by atoms with Crippen molar-refractivity contribution >= 4 is 5.91 Å². The van der Waals surface area contributed by atoms with Crippen LogP contribution in [0.15, 0.2) is 36.5 Å². The smallest absolute Gasteiger partial charge is 0.245 e. The fourth-order valence-electron chi connectivity index (χ4n) is 2.71. The summed E-state index contributed by atoms with van der Waals surface area (Å²) in [4.78, 5) is 13.4. The SMILES string of the molecule is C=CC(=O)N1CCC(CNCC2=CCCC=C2)CC1. The van der Waals surface area contributed by atoms with Gasteiger partial charge in [0.1, 0.15) is 0 Å². The number of nitrogens with one attached hydrogen (secondary N) is 1. The van der Waals surface area contributed by atoms with Gasteiger partial charge in [0.05, 0.1) is 0 Å². The average Bonchev–Trinajstić information content (AvgIpc) is 2.48. The number of nitrogens with zero attached hydrogens (tertiary/aromatic N) is 1. The van der Waals surface area contributed by atoms with E-state index in [4.69, 9.17) is 0 Å². The second-order valence-electron chi connectivity index (χ2n) is 5.36. The molecule has 1 amide bonds. The van der Waals surface area contributed by atoms with E-state index in [-0.39, 0.29) is 5.91 Å². The Morgan fingerprint density at radius 1 is 1.42 bits per heavy atom. The largest absolute Gasteiger partial charge is 0.339 e. The topological polar surface area (TPSA) is 32.3 Å². The molecule has 0 bridgehead atoms. The number of piperidine rings is 1. The first-order valence-corrected chi connectivity index (χ1v) is 7.27. The molecule has 0 aromatic rings. The zero-order chi connectivity index (χ0) is 13.5. The van der Waals surface area contributed by atoms with Crippen LogP contribution in [0.2, 0.25) is 0 Å². The lowest BCUT2D eigenvalue weighted by Crippen LogP contribution is -2.40. The summed E-state index contributed by atoms with van der Waals surface area (Å²) >= 11 is 0. The van der Waals surface area contributed by atoms with Gasteiger partial charge in [0.15, 0.2) is 0 Å². The van der Waals surface area contributed by atoms with Crippen LogP contribution in [-0.4, -0.2) is 37.0 Å². The second-order valence-corrected chi connectivity index (χ2v) is 5.36. The van der Waals surface area contributed by atoms with E-state index >= 15 is 0 Å². The van der Waals surface area contributed by atoms with Crippen molar-refractivity contribution in [3.63, 3.8) is 0 Å². The van der Waals surface area contributed by atoms with Crippen molar-refractivity contribution in [3.05, 3.63) is 36.5 Å². The Labute approximate surface area is 116 Å². The molecule has 1 saturated heterocycles. The third-order valence-corrected chi connectivity index (χ3v) is 3.93. The van der Waals surface area contributed by atoms with Crippen molar-refractivity contribution < 1.29 is 4.79 Å². The number of rotatable bonds is 5. The standard InChI is InChI=1S/C16H24N2O/c1-2-16(19)18-10-8-15(9-11-18)13-17-12-14-6-4-3-5-7-14/h2,4,6-7,15,17H,1,3,5,8-13H2. The highest BCUT2D eigenvalue weighted by molar-refractivity contribution is 5.87. The van der Waals surface area contributed by atoms with Crippen molar-refractivity contribution in [2.24, 2.45) is 5.92 Å². The highest BCUT2D eigenvalue weighted by Crippen LogP contribution is 2.17. The first-order valence-electron chi connectivity index (χ1n) is 7.27. The van der Waals surface area contributed by atoms with Crippen LogP contribution in [0.5, 0.6) is 0 Å². The van der Waals surface area contributed by atoms with Crippen molar-refractivity contribution in [1.29, 1.82) is 0 Å². The monoisotopic (exact) mass is 260 g/mol. The Hall–Kier alpha value is -1.35. The summed E-state index contributed by atoms with van der Waals surface area (Å²) in [5, 5.41) is 3.54. The Balaban J connectivity index is 1.63. The van der Waals surface area contributed by atoms with Crippen LogP contribution in [0.4, 0.5) is 0 Å². The Morgan fingerprint density at radius 2 is 2.21 bits per heavy atom. The van der Waals surface area contributed by atoms with Crippen LogP contribution in [0.3, 0.4) is 0 Å². The molecular formula is C16H24N2O. The van der Waals surface area contributed by atoms with Crippen LogP contribution in [-0.2, 0) is 4.79 Å². The van der Waals surface area contributed by atoms with Gasteiger partial charge >= 0.3 is 0 Å². The molecule has 0 spiro atoms. The van der Waals surface area contributed by atoms with Gasteiger partial charge in [0.2, 0.25) is 5.91 Å². The molecule has 0 aromatic heterocycles. The molecular weight excluding hydrogens is 236 g/mol. The Bertz CT molecular complexity index is 376. The van der Waals surface area contributed by atoms with Gasteiger partial charge in [0, 0.05) is 19.6 Å². The van der Waals surface area contributed by atoms with E-state index in [1.807, 2.05) is 4.90 Å². The third-order valence-electron chi connectivity index (χ3n) is 3.93. The Morgan fingerprint density at radius 3 is 2.84 bits per heavy atom. The van der Waals surface area contributed by atoms with Crippen molar-refractivity contribution in [2.45, 2.75) is 25.7 Å². The molecule has 0 unspecified atom stereocenters. The first kappa shape index (κ1) is 14.1. The molecule has 1 fully saturated rings. The zero-order valence-electron chi connectivity index (χ0n) is 11.6. The minimum atomic E-state index is 0.0731. The minimum absolute atomic E-state index is 0.0731. The molecule has 3 nitrogen and oxygen atoms in total. The van der Waals surface area contributed by atoms with Gasteiger partial charge in [-0.15, -0.1) is 0 Å². The fourth-order valence-corrected chi connectivity index (χ4v) is 2.71. The molecule has 2 aliphatic rings. The van der Waals surface area contributed by atoms with E-state index in [0.29, 0.717) is 5.92 Å². The van der Waals surface area contributed by atoms with E-state index in [1.54, 1.807) is 0 Å². The quantitative estimate of drug-likeness (QED) is 0.769. The Kier molecular flexibility index (Phi) is 5.40. The highest BCUT2D eigenvalue weighted by Gasteiger charge is 2.20. The van der Waals surface area contributed by atoms with Gasteiger partial charge in [-0.1, -0.05) is 24.8 Å². The minimum Gasteiger partial charge on any atom is -0.339 e. The lowest BCUT2D eigenvalue weighted by molar-refractivity contribution is -0.127. The molecule has 3 heteroatoms. The summed E-state index contributed by atoms with van der Waals surface area (Å²) in [6, 6.07) is 0. The van der Waals surface area contributed by atoms with Gasteiger partial charge in [-0.05, 0) is 49.8 Å². The maximum atomic E-state index is 11.5. The van der Waals surface area contributed by atoms with Crippen molar-refractivity contribution in [3.8, 4) is 0 Å². The highest BCUT2D eigenvalue weighted by atomic mass is 16.2. The molecule has 0 atom stereocenters. The molecule has 0 radical (unpaired) electrons. The van der Waals surface area contributed by atoms with E-state index in [9.17, 15) is 4.79 Å². The summed E-state index contributed by atoms with van der Waals surface area (Å²) in [6.45, 7) is 7.32. The maximum Gasteiger partial charge on any atom is 0.245 e. The predicted octanol–water partition coefficient (Wildman–Crippen LogP) is 2.28. The molecule has 104 valence electrons. The van der Waals surface area contributed by atoms with E-state index < -0.39 is 0 Å². The summed E-state index contributed by atoms with van der Waals surface area (Å²) in [7, 11) is 0. The summed E-state index contributed by atoms with van der Waals surface area (Å²) < 4.78 is 0. The van der Waals surface area contributed by atoms with Crippen molar-refractivity contribution in [2.75, 3.05) is 26.2 Å². The maximum absolute atomic E-state index is 11.5. The molecule has 1 N–H and O–H groups in total. The number of hydrogen-bond acceptors (Lipinski definition) is 2. The van der Waals surface area contributed by atoms with Gasteiger partial charge < -0.3 is 10.2 Å². The summed E-state index contributed by atoms with van der Waals surface area (Å²) in [5.41, 5.74) is 1.41. The summed E-state index contributed by atoms with van der Waals surface area (Å²) in [5.74, 6) is 0.769. The van der Waals surface area contributed by atoms with Crippen LogP contribution >= 0.6 is 0 Å². The van der Waals surface area contributed by atoms with Gasteiger partial charge in [0.25, 0.3) is 0 Å². The summed E-state index contributed by atoms with van der Waals surface area (Å²) in [6.07, 6.45) is 12.8. The van der Waals surface area contributed by atoms with Gasteiger partial charge in [-0.25, -0.2) is 0 Å². The van der Waals surface area contributed by atoms with Crippen molar-refractivity contribution in [1.82, 2.24) is 10.2 Å². The van der Waals surface area contributed by atoms with Crippen LogP contribution < -0.4 is 5.32 Å². The number of hydrogen-bond donors (Lipinski definition) is 1. The third kappa shape index (κ3) is 4.35. The number of carbonyl (C=O) groups excluding carboxylic acids is 1. The molecule has 1 aliphatic carbocycles. The molecule has 1 heterocycles. The number of carbonyl (C=O) groups is 1. The van der Waals surface area contributed by atoms with Crippen LogP contribution in [0.1, 0.15) is 25.7 Å². The normalized spacial score (nSPS) is 20.2. The molecule has 1 aliphatic heterocycles. The number of amides is 1. The van der Waals surface area contributed by atoms with E-state index in [1.165, 1.54) is 24.5 Å². The zero-order valence-corrected chi connectivity index (χ0v) is 11.6. The molecule has 0 aromatic carbocycles. The lowest BCUT2D eigenvalue weighted by Gasteiger charge is -2.31.